The summed E-state index contributed by atoms with van der Waals surface area (Å²) < 4.78 is 19.4. The van der Waals surface area contributed by atoms with Crippen molar-refractivity contribution in [2.75, 3.05) is 22.1 Å². The first-order valence-corrected chi connectivity index (χ1v) is 11.4. The minimum atomic E-state index is -0.607. The highest BCUT2D eigenvalue weighted by Crippen LogP contribution is 2.26. The minimum absolute atomic E-state index is 0.0332. The number of rotatable bonds is 5. The summed E-state index contributed by atoms with van der Waals surface area (Å²) in [7, 11) is 0. The van der Waals surface area contributed by atoms with Crippen LogP contribution in [0.15, 0.2) is 83.5 Å². The highest BCUT2D eigenvalue weighted by Gasteiger charge is 2.17. The number of halogens is 1. The molecule has 2 heterocycles. The van der Waals surface area contributed by atoms with E-state index in [4.69, 9.17) is 4.42 Å². The molecule has 0 atom stereocenters. The second-order valence-electron chi connectivity index (χ2n) is 8.48. The molecule has 0 unspecified atom stereocenters. The lowest BCUT2D eigenvalue weighted by Gasteiger charge is -2.30. The first-order valence-electron chi connectivity index (χ1n) is 11.4. The van der Waals surface area contributed by atoms with Gasteiger partial charge in [0.15, 0.2) is 0 Å². The van der Waals surface area contributed by atoms with Gasteiger partial charge in [-0.25, -0.2) is 4.39 Å². The number of carbonyl (C=O) groups excluding carboxylic acids is 2. The normalized spacial score (nSPS) is 12.7. The Morgan fingerprint density at radius 3 is 2.43 bits per heavy atom. The van der Waals surface area contributed by atoms with E-state index in [0.717, 1.165) is 25.2 Å². The maximum absolute atomic E-state index is 14.3. The van der Waals surface area contributed by atoms with Crippen molar-refractivity contribution in [3.05, 3.63) is 113 Å². The van der Waals surface area contributed by atoms with Crippen LogP contribution in [0.5, 0.6) is 0 Å². The second-order valence-corrected chi connectivity index (χ2v) is 8.48. The predicted molar refractivity (Wildman–Crippen MR) is 133 cm³/mol. The van der Waals surface area contributed by atoms with Gasteiger partial charge in [0.1, 0.15) is 11.6 Å². The van der Waals surface area contributed by atoms with Crippen LogP contribution in [0.2, 0.25) is 0 Å². The molecule has 0 saturated heterocycles. The molecule has 4 aromatic rings. The minimum Gasteiger partial charge on any atom is -0.469 e. The largest absolute Gasteiger partial charge is 0.469 e. The van der Waals surface area contributed by atoms with Crippen molar-refractivity contribution >= 4 is 28.9 Å². The lowest BCUT2D eigenvalue weighted by Crippen LogP contribution is -2.30. The van der Waals surface area contributed by atoms with Crippen molar-refractivity contribution in [2.24, 2.45) is 0 Å². The van der Waals surface area contributed by atoms with Gasteiger partial charge < -0.3 is 20.0 Å². The van der Waals surface area contributed by atoms with Crippen LogP contribution in [0.25, 0.3) is 0 Å². The molecule has 1 aliphatic heterocycles. The van der Waals surface area contributed by atoms with E-state index < -0.39 is 11.7 Å². The van der Waals surface area contributed by atoms with Crippen LogP contribution in [0, 0.1) is 12.7 Å². The lowest BCUT2D eigenvalue weighted by atomic mass is 9.99. The van der Waals surface area contributed by atoms with Crippen molar-refractivity contribution < 1.29 is 18.4 Å². The van der Waals surface area contributed by atoms with E-state index in [2.05, 4.69) is 39.8 Å². The summed E-state index contributed by atoms with van der Waals surface area (Å²) in [6.45, 7) is 3.41. The van der Waals surface area contributed by atoms with Crippen LogP contribution in [0.1, 0.15) is 37.6 Å². The van der Waals surface area contributed by atoms with Crippen molar-refractivity contribution in [3.63, 3.8) is 0 Å². The zero-order chi connectivity index (χ0) is 24.4. The molecule has 6 nitrogen and oxygen atoms in total. The number of carbonyl (C=O) groups is 2. The quantitative estimate of drug-likeness (QED) is 0.388. The number of nitrogens with one attached hydrogen (secondary N) is 2. The molecule has 0 aliphatic carbocycles. The van der Waals surface area contributed by atoms with E-state index in [1.54, 1.807) is 19.1 Å². The van der Waals surface area contributed by atoms with Gasteiger partial charge in [0.25, 0.3) is 11.8 Å². The number of amides is 2. The summed E-state index contributed by atoms with van der Waals surface area (Å²) in [5.41, 5.74) is 4.89. The topological polar surface area (TPSA) is 74.6 Å². The van der Waals surface area contributed by atoms with Gasteiger partial charge in [0.2, 0.25) is 0 Å². The fourth-order valence-corrected chi connectivity index (χ4v) is 4.25. The third-order valence-electron chi connectivity index (χ3n) is 6.20. The highest BCUT2D eigenvalue weighted by atomic mass is 19.1. The van der Waals surface area contributed by atoms with Gasteiger partial charge in [-0.05, 0) is 73.0 Å². The summed E-state index contributed by atoms with van der Waals surface area (Å²) >= 11 is 0. The van der Waals surface area contributed by atoms with Crippen LogP contribution < -0.4 is 15.5 Å². The molecule has 0 saturated carbocycles. The van der Waals surface area contributed by atoms with Crippen molar-refractivity contribution in [1.29, 1.82) is 0 Å². The molecular weight excluding hydrogens is 445 g/mol. The Kier molecular flexibility index (Phi) is 6.06. The van der Waals surface area contributed by atoms with Gasteiger partial charge >= 0.3 is 0 Å². The van der Waals surface area contributed by atoms with Gasteiger partial charge in [0.05, 0.1) is 17.5 Å². The molecule has 3 aromatic carbocycles. The fraction of sp³-hybridized carbons (Fsp3) is 0.143. The maximum Gasteiger partial charge on any atom is 0.259 e. The van der Waals surface area contributed by atoms with Crippen LogP contribution in [-0.2, 0) is 13.0 Å². The van der Waals surface area contributed by atoms with Gasteiger partial charge in [-0.3, -0.25) is 9.59 Å². The predicted octanol–water partition coefficient (Wildman–Crippen LogP) is 5.79. The van der Waals surface area contributed by atoms with Gasteiger partial charge in [-0.1, -0.05) is 24.3 Å². The number of benzene rings is 3. The molecule has 5 rings (SSSR count). The monoisotopic (exact) mass is 469 g/mol. The van der Waals surface area contributed by atoms with E-state index >= 15 is 0 Å². The van der Waals surface area contributed by atoms with E-state index in [-0.39, 0.29) is 11.6 Å². The number of hydrogen-bond acceptors (Lipinski definition) is 4. The van der Waals surface area contributed by atoms with E-state index in [1.165, 1.54) is 41.7 Å². The molecule has 0 bridgehead atoms. The molecule has 35 heavy (non-hydrogen) atoms. The standard InChI is InChI=1S/C28H24FN3O3/c1-18-24(13-15-35-18)28(34)31-26-16-22(8-11-25(26)29)30-27(33)20-6-9-23(10-7-20)32-14-12-19-4-2-3-5-21(19)17-32/h2-11,13,15-16H,12,14,17H2,1H3,(H,30,33)(H,31,34). The Labute approximate surface area is 202 Å². The van der Waals surface area contributed by atoms with Gasteiger partial charge in [-0.2, -0.15) is 0 Å². The Balaban J connectivity index is 1.26. The highest BCUT2D eigenvalue weighted by molar-refractivity contribution is 6.07. The lowest BCUT2D eigenvalue weighted by molar-refractivity contribution is 0.101. The van der Waals surface area contributed by atoms with E-state index in [1.807, 2.05) is 12.1 Å². The molecule has 7 heteroatoms. The smallest absolute Gasteiger partial charge is 0.259 e. The summed E-state index contributed by atoms with van der Waals surface area (Å²) in [5.74, 6) is -0.987. The summed E-state index contributed by atoms with van der Waals surface area (Å²) in [4.78, 5) is 27.5. The summed E-state index contributed by atoms with van der Waals surface area (Å²) in [5, 5.41) is 5.30. The maximum atomic E-state index is 14.3. The van der Waals surface area contributed by atoms with Crippen molar-refractivity contribution in [3.8, 4) is 0 Å². The molecule has 2 N–H and O–H groups in total. The zero-order valence-corrected chi connectivity index (χ0v) is 19.2. The third-order valence-corrected chi connectivity index (χ3v) is 6.20. The molecule has 0 spiro atoms. The fourth-order valence-electron chi connectivity index (χ4n) is 4.25. The molecule has 0 fully saturated rings. The molecule has 0 radical (unpaired) electrons. The van der Waals surface area contributed by atoms with Gasteiger partial charge in [-0.15, -0.1) is 0 Å². The summed E-state index contributed by atoms with van der Waals surface area (Å²) in [6, 6.07) is 21.4. The zero-order valence-electron chi connectivity index (χ0n) is 19.2. The van der Waals surface area contributed by atoms with Crippen molar-refractivity contribution in [1.82, 2.24) is 0 Å². The number of fused-ring (bicyclic) bond motifs is 1. The number of aryl methyl sites for hydroxylation is 1. The van der Waals surface area contributed by atoms with Crippen LogP contribution >= 0.6 is 0 Å². The number of furan rings is 1. The number of nitrogens with zero attached hydrogens (tertiary/aromatic N) is 1. The first kappa shape index (κ1) is 22.4. The first-order chi connectivity index (χ1) is 17.0. The SMILES string of the molecule is Cc1occc1C(=O)Nc1cc(NC(=O)c2ccc(N3CCc4ccccc4C3)cc2)ccc1F. The molecule has 1 aliphatic rings. The summed E-state index contributed by atoms with van der Waals surface area (Å²) in [6.07, 6.45) is 2.38. The average Bonchev–Trinajstić information content (AvgIpc) is 3.31. The Bertz CT molecular complexity index is 1390. The molecular formula is C28H24FN3O3. The van der Waals surface area contributed by atoms with Crippen LogP contribution in [0.4, 0.5) is 21.5 Å². The van der Waals surface area contributed by atoms with Crippen LogP contribution in [0.3, 0.4) is 0 Å². The van der Waals surface area contributed by atoms with E-state index in [0.29, 0.717) is 22.6 Å². The number of anilines is 3. The average molecular weight is 470 g/mol. The van der Waals surface area contributed by atoms with Gasteiger partial charge in [0, 0.05) is 30.0 Å². The second kappa shape index (κ2) is 9.46. The van der Waals surface area contributed by atoms with Crippen LogP contribution in [-0.4, -0.2) is 18.4 Å². The van der Waals surface area contributed by atoms with E-state index in [9.17, 15) is 14.0 Å². The number of hydrogen-bond donors (Lipinski definition) is 2. The Morgan fingerprint density at radius 1 is 0.914 bits per heavy atom. The molecule has 176 valence electrons. The Hall–Kier alpha value is -4.39. The third kappa shape index (κ3) is 4.80. The van der Waals surface area contributed by atoms with Crippen molar-refractivity contribution in [2.45, 2.75) is 19.9 Å². The molecule has 2 amide bonds. The Morgan fingerprint density at radius 2 is 1.69 bits per heavy atom. The molecule has 1 aromatic heterocycles.